The van der Waals surface area contributed by atoms with Crippen molar-refractivity contribution in [1.29, 1.82) is 0 Å². The number of nitrogens with zero attached hydrogens (tertiary/aromatic N) is 2. The predicted octanol–water partition coefficient (Wildman–Crippen LogP) is 2.56. The van der Waals surface area contributed by atoms with Gasteiger partial charge in [-0.15, -0.1) is 0 Å². The lowest BCUT2D eigenvalue weighted by atomic mass is 10.0. The van der Waals surface area contributed by atoms with Crippen molar-refractivity contribution in [3.63, 3.8) is 0 Å². The van der Waals surface area contributed by atoms with Crippen LogP contribution in [-0.2, 0) is 19.8 Å². The van der Waals surface area contributed by atoms with E-state index in [0.717, 1.165) is 6.07 Å². The van der Waals surface area contributed by atoms with Crippen molar-refractivity contribution in [3.8, 4) is 11.3 Å². The summed E-state index contributed by atoms with van der Waals surface area (Å²) in [4.78, 5) is 0. The van der Waals surface area contributed by atoms with E-state index in [1.807, 2.05) is 0 Å². The zero-order valence-electron chi connectivity index (χ0n) is 9.70. The van der Waals surface area contributed by atoms with Crippen molar-refractivity contribution >= 4 is 0 Å². The lowest BCUT2D eigenvalue weighted by Crippen LogP contribution is -2.09. The Bertz CT molecular complexity index is 558. The molecule has 0 aliphatic heterocycles. The fourth-order valence-electron chi connectivity index (χ4n) is 1.92. The Labute approximate surface area is 102 Å². The van der Waals surface area contributed by atoms with Crippen LogP contribution in [-0.4, -0.2) is 9.78 Å². The summed E-state index contributed by atoms with van der Waals surface area (Å²) in [5.74, 6) is 0. The molecule has 1 heterocycles. The molecule has 2 rings (SSSR count). The van der Waals surface area contributed by atoms with Crippen LogP contribution in [0.3, 0.4) is 0 Å². The predicted molar refractivity (Wildman–Crippen MR) is 61.5 cm³/mol. The van der Waals surface area contributed by atoms with Gasteiger partial charge in [0, 0.05) is 24.7 Å². The van der Waals surface area contributed by atoms with Gasteiger partial charge in [0.1, 0.15) is 0 Å². The molecule has 2 aromatic rings. The molecule has 0 atom stereocenters. The highest BCUT2D eigenvalue weighted by Crippen LogP contribution is 2.37. The molecule has 1 aromatic heterocycles. The van der Waals surface area contributed by atoms with Crippen molar-refractivity contribution in [1.82, 2.24) is 9.78 Å². The highest BCUT2D eigenvalue weighted by molar-refractivity contribution is 5.68. The molecule has 0 radical (unpaired) electrons. The minimum atomic E-state index is -4.40. The molecule has 0 spiro atoms. The number of hydrogen-bond acceptors (Lipinski definition) is 2. The number of halogens is 3. The number of rotatable bonds is 2. The molecule has 2 N–H and O–H groups in total. The molecular formula is C12H12F3N3. The van der Waals surface area contributed by atoms with Gasteiger partial charge in [-0.05, 0) is 6.07 Å². The summed E-state index contributed by atoms with van der Waals surface area (Å²) < 4.78 is 40.2. The van der Waals surface area contributed by atoms with Crippen molar-refractivity contribution < 1.29 is 13.2 Å². The number of alkyl halides is 3. The summed E-state index contributed by atoms with van der Waals surface area (Å²) in [6.07, 6.45) is -2.91. The Morgan fingerprint density at radius 2 is 1.94 bits per heavy atom. The van der Waals surface area contributed by atoms with E-state index < -0.39 is 11.7 Å². The average molecular weight is 255 g/mol. The first kappa shape index (κ1) is 12.6. The van der Waals surface area contributed by atoms with Gasteiger partial charge in [-0.25, -0.2) is 0 Å². The topological polar surface area (TPSA) is 43.8 Å². The third kappa shape index (κ3) is 2.11. The fraction of sp³-hybridized carbons (Fsp3) is 0.250. The minimum absolute atomic E-state index is 0.102. The summed E-state index contributed by atoms with van der Waals surface area (Å²) in [6.45, 7) is 0.148. The maximum atomic E-state index is 12.9. The maximum Gasteiger partial charge on any atom is 0.417 e. The van der Waals surface area contributed by atoms with Crippen LogP contribution in [0.15, 0.2) is 30.5 Å². The van der Waals surface area contributed by atoms with Gasteiger partial charge in [-0.2, -0.15) is 18.3 Å². The number of hydrogen-bond donors (Lipinski definition) is 1. The number of benzene rings is 1. The van der Waals surface area contributed by atoms with Gasteiger partial charge < -0.3 is 5.73 Å². The van der Waals surface area contributed by atoms with Crippen LogP contribution < -0.4 is 5.73 Å². The minimum Gasteiger partial charge on any atom is -0.326 e. The summed E-state index contributed by atoms with van der Waals surface area (Å²) in [5.41, 5.74) is 5.95. The lowest BCUT2D eigenvalue weighted by molar-refractivity contribution is -0.137. The summed E-state index contributed by atoms with van der Waals surface area (Å²) in [5, 5.41) is 3.96. The highest BCUT2D eigenvalue weighted by Gasteiger charge is 2.34. The van der Waals surface area contributed by atoms with Crippen LogP contribution in [0.4, 0.5) is 13.2 Å². The smallest absolute Gasteiger partial charge is 0.326 e. The molecule has 0 saturated carbocycles. The van der Waals surface area contributed by atoms with Gasteiger partial charge in [-0.1, -0.05) is 18.2 Å². The van der Waals surface area contributed by atoms with Crippen LogP contribution in [0.5, 0.6) is 0 Å². The van der Waals surface area contributed by atoms with Gasteiger partial charge in [-0.3, -0.25) is 4.68 Å². The summed E-state index contributed by atoms with van der Waals surface area (Å²) >= 11 is 0. The molecule has 0 aliphatic carbocycles. The van der Waals surface area contributed by atoms with E-state index in [-0.39, 0.29) is 12.1 Å². The van der Waals surface area contributed by atoms with E-state index in [9.17, 15) is 13.2 Å². The molecule has 0 aliphatic rings. The Hall–Kier alpha value is -1.82. The second-order valence-corrected chi connectivity index (χ2v) is 3.89. The van der Waals surface area contributed by atoms with Crippen LogP contribution in [0.2, 0.25) is 0 Å². The first-order valence-electron chi connectivity index (χ1n) is 5.32. The Balaban J connectivity index is 2.68. The van der Waals surface area contributed by atoms with Crippen molar-refractivity contribution in [2.24, 2.45) is 12.8 Å². The normalized spacial score (nSPS) is 11.8. The summed E-state index contributed by atoms with van der Waals surface area (Å²) in [7, 11) is 1.60. The largest absolute Gasteiger partial charge is 0.417 e. The molecular weight excluding hydrogens is 243 g/mol. The van der Waals surface area contributed by atoms with Gasteiger partial charge in [0.15, 0.2) is 0 Å². The monoisotopic (exact) mass is 255 g/mol. The second-order valence-electron chi connectivity index (χ2n) is 3.89. The molecule has 0 bridgehead atoms. The van der Waals surface area contributed by atoms with Gasteiger partial charge in [0.2, 0.25) is 0 Å². The second kappa shape index (κ2) is 4.45. The van der Waals surface area contributed by atoms with E-state index in [2.05, 4.69) is 5.10 Å². The van der Waals surface area contributed by atoms with E-state index in [4.69, 9.17) is 5.73 Å². The van der Waals surface area contributed by atoms with E-state index in [1.165, 1.54) is 23.0 Å². The van der Waals surface area contributed by atoms with E-state index in [1.54, 1.807) is 13.1 Å². The SMILES string of the molecule is Cn1ncc(CN)c1-c1ccccc1C(F)(F)F. The van der Waals surface area contributed by atoms with Crippen LogP contribution in [0, 0.1) is 0 Å². The lowest BCUT2D eigenvalue weighted by Gasteiger charge is -2.14. The quantitative estimate of drug-likeness (QED) is 0.896. The van der Waals surface area contributed by atoms with Crippen molar-refractivity contribution in [2.45, 2.75) is 12.7 Å². The molecule has 0 amide bonds. The zero-order valence-corrected chi connectivity index (χ0v) is 9.70. The van der Waals surface area contributed by atoms with Crippen LogP contribution in [0.1, 0.15) is 11.1 Å². The van der Waals surface area contributed by atoms with E-state index >= 15 is 0 Å². The highest BCUT2D eigenvalue weighted by atomic mass is 19.4. The fourth-order valence-corrected chi connectivity index (χ4v) is 1.92. The van der Waals surface area contributed by atoms with Gasteiger partial charge in [0.05, 0.1) is 17.5 Å². The first-order chi connectivity index (χ1) is 8.45. The zero-order chi connectivity index (χ0) is 13.3. The Morgan fingerprint density at radius 1 is 1.28 bits per heavy atom. The Kier molecular flexibility index (Phi) is 3.13. The molecule has 6 heteroatoms. The number of aromatic nitrogens is 2. The average Bonchev–Trinajstić information content (AvgIpc) is 2.69. The van der Waals surface area contributed by atoms with Crippen LogP contribution >= 0.6 is 0 Å². The summed E-state index contributed by atoms with van der Waals surface area (Å²) in [6, 6.07) is 5.42. The molecule has 0 fully saturated rings. The number of aryl methyl sites for hydroxylation is 1. The van der Waals surface area contributed by atoms with E-state index in [0.29, 0.717) is 11.3 Å². The third-order valence-electron chi connectivity index (χ3n) is 2.72. The van der Waals surface area contributed by atoms with Crippen molar-refractivity contribution in [2.75, 3.05) is 0 Å². The number of nitrogens with two attached hydrogens (primary N) is 1. The molecule has 3 nitrogen and oxygen atoms in total. The van der Waals surface area contributed by atoms with Crippen LogP contribution in [0.25, 0.3) is 11.3 Å². The molecule has 0 unspecified atom stereocenters. The molecule has 0 saturated heterocycles. The van der Waals surface area contributed by atoms with Gasteiger partial charge >= 0.3 is 6.18 Å². The third-order valence-corrected chi connectivity index (χ3v) is 2.72. The molecule has 18 heavy (non-hydrogen) atoms. The Morgan fingerprint density at radius 3 is 2.56 bits per heavy atom. The first-order valence-corrected chi connectivity index (χ1v) is 5.32. The molecule has 96 valence electrons. The van der Waals surface area contributed by atoms with Gasteiger partial charge in [0.25, 0.3) is 0 Å². The maximum absolute atomic E-state index is 12.9. The standard InChI is InChI=1S/C12H12F3N3/c1-18-11(8(6-16)7-17-18)9-4-2-3-5-10(9)12(13,14)15/h2-5,7H,6,16H2,1H3. The van der Waals surface area contributed by atoms with Crippen molar-refractivity contribution in [3.05, 3.63) is 41.6 Å². The molecule has 1 aromatic carbocycles.